The van der Waals surface area contributed by atoms with Crippen LogP contribution in [-0.4, -0.2) is 36.2 Å². The molecule has 0 aromatic heterocycles. The van der Waals surface area contributed by atoms with Gasteiger partial charge in [-0.3, -0.25) is 9.69 Å². The van der Waals surface area contributed by atoms with Crippen LogP contribution in [0.25, 0.3) is 0 Å². The third-order valence-electron chi connectivity index (χ3n) is 3.88. The van der Waals surface area contributed by atoms with Gasteiger partial charge in [-0.05, 0) is 31.9 Å². The number of ether oxygens (including phenoxy) is 1. The minimum absolute atomic E-state index is 0.176. The van der Waals surface area contributed by atoms with Gasteiger partial charge in [-0.2, -0.15) is 0 Å². The highest BCUT2D eigenvalue weighted by molar-refractivity contribution is 5.69. The predicted octanol–water partition coefficient (Wildman–Crippen LogP) is 4.37. The Kier molecular flexibility index (Phi) is 9.14. The third kappa shape index (κ3) is 9.65. The van der Waals surface area contributed by atoms with Crippen molar-refractivity contribution in [3.8, 4) is 0 Å². The Labute approximate surface area is 168 Å². The Hall–Kier alpha value is -2.21. The highest BCUT2D eigenvalue weighted by atomic mass is 17.2. The van der Waals surface area contributed by atoms with E-state index in [1.807, 2.05) is 57.2 Å². The lowest BCUT2D eigenvalue weighted by molar-refractivity contribution is -0.296. The molecule has 2 rings (SSSR count). The molecule has 5 nitrogen and oxygen atoms in total. The minimum atomic E-state index is -0.479. The summed E-state index contributed by atoms with van der Waals surface area (Å²) in [6.07, 6.45) is 0.176. The van der Waals surface area contributed by atoms with Crippen LogP contribution in [0.1, 0.15) is 38.3 Å². The summed E-state index contributed by atoms with van der Waals surface area (Å²) in [5.41, 5.74) is 2.03. The monoisotopic (exact) mass is 385 g/mol. The average Bonchev–Trinajstić information content (AvgIpc) is 2.64. The van der Waals surface area contributed by atoms with Crippen LogP contribution in [0.4, 0.5) is 0 Å². The van der Waals surface area contributed by atoms with E-state index in [0.717, 1.165) is 19.6 Å². The Bertz CT molecular complexity index is 641. The van der Waals surface area contributed by atoms with E-state index in [0.29, 0.717) is 6.61 Å². The van der Waals surface area contributed by atoms with Gasteiger partial charge in [0, 0.05) is 19.6 Å². The van der Waals surface area contributed by atoms with E-state index in [4.69, 9.17) is 14.5 Å². The molecule has 0 bridgehead atoms. The second-order valence-electron chi connectivity index (χ2n) is 7.66. The molecule has 0 saturated heterocycles. The number of hydrogen-bond donors (Lipinski definition) is 0. The van der Waals surface area contributed by atoms with Crippen molar-refractivity contribution in [1.29, 1.82) is 0 Å². The molecule has 0 unspecified atom stereocenters. The van der Waals surface area contributed by atoms with Gasteiger partial charge in [0.2, 0.25) is 0 Å². The minimum Gasteiger partial charge on any atom is -0.460 e. The maximum absolute atomic E-state index is 11.6. The first-order valence-electron chi connectivity index (χ1n) is 9.69. The fourth-order valence-electron chi connectivity index (χ4n) is 2.70. The van der Waals surface area contributed by atoms with Crippen LogP contribution >= 0.6 is 0 Å². The first kappa shape index (κ1) is 22.1. The van der Waals surface area contributed by atoms with Gasteiger partial charge in [0.05, 0.1) is 19.6 Å². The van der Waals surface area contributed by atoms with Crippen molar-refractivity contribution in [2.75, 3.05) is 19.8 Å². The van der Waals surface area contributed by atoms with Crippen LogP contribution in [0, 0.1) is 0 Å². The summed E-state index contributed by atoms with van der Waals surface area (Å²) < 4.78 is 5.23. The van der Waals surface area contributed by atoms with Crippen LogP contribution in [0.5, 0.6) is 0 Å². The van der Waals surface area contributed by atoms with Crippen LogP contribution in [0.3, 0.4) is 0 Å². The van der Waals surface area contributed by atoms with E-state index < -0.39 is 5.60 Å². The fraction of sp³-hybridized carbons (Fsp3) is 0.435. The molecular weight excluding hydrogens is 354 g/mol. The molecule has 0 fully saturated rings. The van der Waals surface area contributed by atoms with Crippen molar-refractivity contribution in [2.45, 2.75) is 45.9 Å². The van der Waals surface area contributed by atoms with Gasteiger partial charge in [-0.25, -0.2) is 9.78 Å². The summed E-state index contributed by atoms with van der Waals surface area (Å²) in [5, 5.41) is 0. The molecule has 0 aliphatic carbocycles. The van der Waals surface area contributed by atoms with Crippen molar-refractivity contribution in [1.82, 2.24) is 4.90 Å². The molecule has 0 atom stereocenters. The van der Waals surface area contributed by atoms with Gasteiger partial charge in [-0.15, -0.1) is 0 Å². The topological polar surface area (TPSA) is 48.0 Å². The van der Waals surface area contributed by atoms with E-state index >= 15 is 0 Å². The Morgan fingerprint density at radius 2 is 1.32 bits per heavy atom. The number of benzene rings is 2. The first-order valence-corrected chi connectivity index (χ1v) is 9.69. The summed E-state index contributed by atoms with van der Waals surface area (Å²) in [4.78, 5) is 24.4. The molecule has 0 saturated carbocycles. The quantitative estimate of drug-likeness (QED) is 0.249. The highest BCUT2D eigenvalue weighted by Crippen LogP contribution is 2.10. The summed E-state index contributed by atoms with van der Waals surface area (Å²) in [6.45, 7) is 8.52. The molecule has 5 heteroatoms. The average molecular weight is 386 g/mol. The van der Waals surface area contributed by atoms with Crippen LogP contribution < -0.4 is 0 Å². The van der Waals surface area contributed by atoms with Crippen molar-refractivity contribution >= 4 is 5.97 Å². The number of carbonyl (C=O) groups excluding carboxylic acids is 1. The van der Waals surface area contributed by atoms with Crippen molar-refractivity contribution < 1.29 is 19.3 Å². The van der Waals surface area contributed by atoms with E-state index in [1.165, 1.54) is 11.1 Å². The largest absolute Gasteiger partial charge is 0.460 e. The van der Waals surface area contributed by atoms with Crippen LogP contribution in [0.2, 0.25) is 0 Å². The second kappa shape index (κ2) is 11.6. The van der Waals surface area contributed by atoms with Crippen LogP contribution in [-0.2, 0) is 32.4 Å². The van der Waals surface area contributed by atoms with Crippen molar-refractivity contribution in [3.05, 3.63) is 71.8 Å². The zero-order valence-electron chi connectivity index (χ0n) is 17.1. The number of nitrogens with zero attached hydrogens (tertiary/aromatic N) is 1. The van der Waals surface area contributed by atoms with Crippen LogP contribution in [0.15, 0.2) is 60.7 Å². The predicted molar refractivity (Wildman–Crippen MR) is 109 cm³/mol. The van der Waals surface area contributed by atoms with Gasteiger partial charge in [-0.1, -0.05) is 60.7 Å². The lowest BCUT2D eigenvalue weighted by Gasteiger charge is -2.22. The maximum atomic E-state index is 11.6. The Balaban J connectivity index is 1.73. The highest BCUT2D eigenvalue weighted by Gasteiger charge is 2.16. The summed E-state index contributed by atoms with van der Waals surface area (Å²) in [6, 6.07) is 20.7. The molecule has 0 N–H and O–H groups in total. The molecule has 152 valence electrons. The zero-order valence-corrected chi connectivity index (χ0v) is 17.1. The maximum Gasteiger partial charge on any atom is 0.308 e. The van der Waals surface area contributed by atoms with E-state index in [-0.39, 0.29) is 19.0 Å². The standard InChI is InChI=1S/C23H31NO4/c1-23(2,3)28-22(25)14-16-26-27-17-15-24(18-20-10-6-4-7-11-20)19-21-12-8-5-9-13-21/h4-13H,14-19H2,1-3H3. The molecule has 0 amide bonds. The Morgan fingerprint density at radius 3 is 1.82 bits per heavy atom. The van der Waals surface area contributed by atoms with Gasteiger partial charge >= 0.3 is 5.97 Å². The van der Waals surface area contributed by atoms with Gasteiger partial charge in [0.15, 0.2) is 0 Å². The lowest BCUT2D eigenvalue weighted by Crippen LogP contribution is -2.27. The normalized spacial score (nSPS) is 11.6. The number of rotatable bonds is 11. The summed E-state index contributed by atoms with van der Waals surface area (Å²) in [7, 11) is 0. The third-order valence-corrected chi connectivity index (χ3v) is 3.88. The first-order chi connectivity index (χ1) is 13.4. The smallest absolute Gasteiger partial charge is 0.308 e. The molecule has 0 spiro atoms. The van der Waals surface area contributed by atoms with Gasteiger partial charge in [0.1, 0.15) is 5.60 Å². The zero-order chi connectivity index (χ0) is 20.2. The Morgan fingerprint density at radius 1 is 0.821 bits per heavy atom. The number of hydrogen-bond acceptors (Lipinski definition) is 5. The lowest BCUT2D eigenvalue weighted by atomic mass is 10.1. The van der Waals surface area contributed by atoms with E-state index in [1.54, 1.807) is 0 Å². The number of carbonyl (C=O) groups is 1. The molecular formula is C23H31NO4. The molecule has 28 heavy (non-hydrogen) atoms. The molecule has 0 aliphatic heterocycles. The molecule has 2 aromatic rings. The molecule has 0 heterocycles. The van der Waals surface area contributed by atoms with E-state index in [9.17, 15) is 4.79 Å². The van der Waals surface area contributed by atoms with Gasteiger partial charge < -0.3 is 4.74 Å². The molecule has 2 aromatic carbocycles. The van der Waals surface area contributed by atoms with Gasteiger partial charge in [0.25, 0.3) is 0 Å². The molecule has 0 aliphatic rings. The summed E-state index contributed by atoms with van der Waals surface area (Å²) >= 11 is 0. The second-order valence-corrected chi connectivity index (χ2v) is 7.66. The van der Waals surface area contributed by atoms with E-state index in [2.05, 4.69) is 29.2 Å². The number of esters is 1. The van der Waals surface area contributed by atoms with Crippen molar-refractivity contribution in [3.63, 3.8) is 0 Å². The molecule has 0 radical (unpaired) electrons. The summed E-state index contributed by atoms with van der Waals surface area (Å²) in [5.74, 6) is -0.286. The SMILES string of the molecule is CC(C)(C)OC(=O)CCOOCCN(Cc1ccccc1)Cc1ccccc1. The fourth-order valence-corrected chi connectivity index (χ4v) is 2.70. The van der Waals surface area contributed by atoms with Crippen molar-refractivity contribution in [2.24, 2.45) is 0 Å².